The monoisotopic (exact) mass is 1840 g/mol. The molecule has 2 unspecified atom stereocenters. The minimum atomic E-state index is -4.47. The van der Waals surface area contributed by atoms with Gasteiger partial charge in [-0.05, 0) is 227 Å². The summed E-state index contributed by atoms with van der Waals surface area (Å²) in [5, 5.41) is 12.1. The minimum Gasteiger partial charge on any atom is -0.493 e. The maximum atomic E-state index is 14.3. The Hall–Kier alpha value is -8.06. The van der Waals surface area contributed by atoms with E-state index in [1.54, 1.807) is 30.3 Å². The molecule has 7 aromatic rings. The number of Topliss-reactive ketones (excluding diaryl/α,β-unsaturated/α-hetero) is 1. The third-order valence-electron chi connectivity index (χ3n) is 24.3. The fourth-order valence-electron chi connectivity index (χ4n) is 15.8. The van der Waals surface area contributed by atoms with E-state index >= 15 is 0 Å². The maximum absolute atomic E-state index is 14.3. The maximum Gasteiger partial charge on any atom is 0.416 e. The Bertz CT molecular complexity index is 4610. The third kappa shape index (κ3) is 37.6. The Balaban J connectivity index is 0.000000237. The van der Waals surface area contributed by atoms with Crippen molar-refractivity contribution in [1.29, 1.82) is 0 Å². The van der Waals surface area contributed by atoms with Crippen LogP contribution < -0.4 is 19.7 Å². The van der Waals surface area contributed by atoms with Crippen LogP contribution >= 0.6 is 0 Å². The zero-order valence-corrected chi connectivity index (χ0v) is 83.4. The summed E-state index contributed by atoms with van der Waals surface area (Å²) in [5.41, 5.74) is 6.91. The molecule has 5 fully saturated rings. The average Bonchev–Trinajstić information content (AvgIpc) is 1.14. The van der Waals surface area contributed by atoms with E-state index in [1.165, 1.54) is 72.5 Å². The second-order valence-corrected chi connectivity index (χ2v) is 42.9. The molecular weight excluding hydrogens is 1680 g/mol. The Kier molecular flexibility index (Phi) is 42.1. The van der Waals surface area contributed by atoms with Crippen molar-refractivity contribution in [3.8, 4) is 11.5 Å². The van der Waals surface area contributed by atoms with Gasteiger partial charge in [-0.1, -0.05) is 227 Å². The van der Waals surface area contributed by atoms with E-state index in [0.717, 1.165) is 142 Å². The average molecular weight is 1840 g/mol. The Labute approximate surface area is 778 Å². The molecule has 1 aliphatic carbocycles. The van der Waals surface area contributed by atoms with Gasteiger partial charge in [0.05, 0.1) is 56.5 Å². The molecule has 2 atom stereocenters. The number of aliphatic hydroxyl groups excluding tert-OH is 1. The normalized spacial score (nSPS) is 17.0. The van der Waals surface area contributed by atoms with Gasteiger partial charge in [-0.3, -0.25) is 14.5 Å². The first kappa shape index (κ1) is 112. The molecule has 1 saturated carbocycles. The Morgan fingerprint density at radius 2 is 1.02 bits per heavy atom. The van der Waals surface area contributed by atoms with Crippen molar-refractivity contribution in [2.75, 3.05) is 130 Å². The van der Waals surface area contributed by atoms with Gasteiger partial charge in [0.25, 0.3) is 5.91 Å². The van der Waals surface area contributed by atoms with Crippen molar-refractivity contribution in [1.82, 2.24) is 19.6 Å². The fourth-order valence-corrected chi connectivity index (χ4v) is 15.8. The number of anilines is 2. The molecule has 1 amide bonds. The predicted molar refractivity (Wildman–Crippen MR) is 516 cm³/mol. The number of likely N-dealkylation sites (N-methyl/N-ethyl adjacent to an activating group) is 3. The van der Waals surface area contributed by atoms with Crippen LogP contribution in [0.2, 0.25) is 0 Å². The highest BCUT2D eigenvalue weighted by Gasteiger charge is 2.37. The highest BCUT2D eigenvalue weighted by Crippen LogP contribution is 2.41. The number of amides is 1. The molecule has 23 heteroatoms. The van der Waals surface area contributed by atoms with Crippen molar-refractivity contribution in [3.05, 3.63) is 223 Å². The molecular formula is C108H156F10N6O7. The van der Waals surface area contributed by atoms with Gasteiger partial charge in [0.1, 0.15) is 41.4 Å². The van der Waals surface area contributed by atoms with Crippen LogP contribution in [0.5, 0.6) is 11.5 Å². The minimum absolute atomic E-state index is 0.0454. The summed E-state index contributed by atoms with van der Waals surface area (Å²) >= 11 is 0. The number of nitrogens with zero attached hydrogens (tertiary/aromatic N) is 5. The highest BCUT2D eigenvalue weighted by molar-refractivity contribution is 5.96. The van der Waals surface area contributed by atoms with Gasteiger partial charge in [-0.15, -0.1) is 0 Å². The van der Waals surface area contributed by atoms with Crippen molar-refractivity contribution in [3.63, 3.8) is 0 Å². The first-order valence-electron chi connectivity index (χ1n) is 46.9. The van der Waals surface area contributed by atoms with E-state index in [1.807, 2.05) is 112 Å². The molecule has 730 valence electrons. The molecule has 12 rings (SSSR count). The van der Waals surface area contributed by atoms with Gasteiger partial charge < -0.3 is 49.0 Å². The van der Waals surface area contributed by atoms with Crippen molar-refractivity contribution in [2.45, 2.75) is 292 Å². The van der Waals surface area contributed by atoms with Crippen LogP contribution in [0.4, 0.5) is 55.3 Å². The van der Waals surface area contributed by atoms with E-state index in [9.17, 15) is 53.5 Å². The molecule has 7 aromatic carbocycles. The van der Waals surface area contributed by atoms with Gasteiger partial charge >= 0.3 is 12.4 Å². The van der Waals surface area contributed by atoms with Crippen LogP contribution in [0.3, 0.4) is 0 Å². The molecule has 4 aliphatic heterocycles. The fraction of sp³-hybridized carbons (Fsp3) is 0.593. The summed E-state index contributed by atoms with van der Waals surface area (Å²) in [7, 11) is 6.27. The summed E-state index contributed by atoms with van der Waals surface area (Å²) in [6, 6.07) is 36.8. The van der Waals surface area contributed by atoms with Crippen LogP contribution in [0.15, 0.2) is 133 Å². The molecule has 0 aromatic heterocycles. The zero-order chi connectivity index (χ0) is 98.0. The number of likely N-dealkylation sites (tertiary alicyclic amines) is 2. The largest absolute Gasteiger partial charge is 0.493 e. The number of hydrogen-bond acceptors (Lipinski definition) is 12. The second kappa shape index (κ2) is 49.4. The SMILES string of the molecule is CC(C)(C)c1cc(C(=O)N2CCOCC2)cc(C(F)(F)F)c1.CC(C)(C)c1cc(F)cc(C(=O)CC2CCCCC2)c1.CC(C)(C)c1cc(NCCN2CCOCC2)cc(C(F)(F)F)c1.CC(C)(C)c1cccc(CO)c1.CCCCOc1ccc(F)cc1C(C)(C)C.CN1CCC(N(C)c2c(F)cccc2C(C)(C)C)C1.CN1CCCC1COc1cc(F)cc(C(C)(C)C)c1. The number of para-hydroxylation sites is 1. The van der Waals surface area contributed by atoms with Crippen LogP contribution in [0.25, 0.3) is 0 Å². The summed E-state index contributed by atoms with van der Waals surface area (Å²) < 4.78 is 155. The Morgan fingerprint density at radius 1 is 0.496 bits per heavy atom. The van der Waals surface area contributed by atoms with E-state index in [2.05, 4.69) is 141 Å². The number of ketones is 1. The first-order valence-corrected chi connectivity index (χ1v) is 46.9. The van der Waals surface area contributed by atoms with E-state index in [-0.39, 0.29) is 79.6 Å². The number of morpholine rings is 2. The number of benzene rings is 7. The molecule has 0 spiro atoms. The van der Waals surface area contributed by atoms with Gasteiger partial charge in [0.15, 0.2) is 5.78 Å². The van der Waals surface area contributed by atoms with Crippen LogP contribution in [-0.4, -0.2) is 168 Å². The predicted octanol–water partition coefficient (Wildman–Crippen LogP) is 26.1. The number of alkyl halides is 6. The Morgan fingerprint density at radius 3 is 1.54 bits per heavy atom. The summed E-state index contributed by atoms with van der Waals surface area (Å²) in [6.45, 7) is 55.8. The number of hydrogen-bond donors (Lipinski definition) is 2. The van der Waals surface area contributed by atoms with Gasteiger partial charge in [0, 0.05) is 99.8 Å². The van der Waals surface area contributed by atoms with Crippen LogP contribution in [-0.2, 0) is 66.3 Å². The smallest absolute Gasteiger partial charge is 0.416 e. The van der Waals surface area contributed by atoms with Crippen molar-refractivity contribution < 1.29 is 77.5 Å². The van der Waals surface area contributed by atoms with Crippen LogP contribution in [0, 0.1) is 29.2 Å². The molecule has 13 nitrogen and oxygen atoms in total. The molecule has 2 N–H and O–H groups in total. The summed E-state index contributed by atoms with van der Waals surface area (Å²) in [4.78, 5) is 35.4. The third-order valence-corrected chi connectivity index (χ3v) is 24.3. The number of aliphatic hydroxyl groups is 1. The molecule has 4 heterocycles. The number of halogens is 10. The standard InChI is InChI=1S/C18H25FO.C17H25F3N2O.C16H20F3NO2.C16H25FN2.C16H24FNO.C14H21FO.C11H16O/c1-18(2,3)15-10-14(11-16(19)12-15)17(20)9-13-7-5-4-6-8-13;1-16(2,3)13-10-14(17(18,19)20)12-15(11-13)21-4-5-22-6-8-23-9-7-22;1-15(2,3)12-8-11(9-13(10-12)16(17,18)19)14(21)20-4-6-22-7-5-20;1-16(2,3)13-7-6-8-14(17)15(13)19(5)12-9-10-18(4)11-12;1-16(2,3)12-8-13(17)10-15(9-12)19-11-14-6-5-7-18(14)4;1-5-6-9-16-13-8-7-11(15)10-12(13)14(2,3)4;1-11(2,3)10-6-4-5-9(7-10)8-12/h10-13H,4-9H2,1-3H3;10-12,21H,4-9H2,1-3H3;8-10H,4-7H2,1-3H3;6-8,12H,9-11H2,1-5H3;8-10,14H,5-7,11H2,1-4H3;7-8,10H,5-6,9H2,1-4H3;4-7,12H,8H2,1-3H3. The lowest BCUT2D eigenvalue weighted by molar-refractivity contribution is -0.138. The lowest BCUT2D eigenvalue weighted by Gasteiger charge is -2.33. The zero-order valence-electron chi connectivity index (χ0n) is 83.4. The van der Waals surface area contributed by atoms with Gasteiger partial charge in [-0.2, -0.15) is 26.3 Å². The highest BCUT2D eigenvalue weighted by atomic mass is 19.4. The van der Waals surface area contributed by atoms with Crippen molar-refractivity contribution in [2.24, 2.45) is 5.92 Å². The second-order valence-electron chi connectivity index (χ2n) is 42.9. The number of ether oxygens (including phenoxy) is 4. The number of carbonyl (C=O) groups excluding carboxylic acids is 2. The number of rotatable bonds is 18. The first-order chi connectivity index (χ1) is 60.8. The van der Waals surface area contributed by atoms with E-state index < -0.39 is 28.9 Å². The quantitative estimate of drug-likeness (QED) is 0.0484. The number of carbonyl (C=O) groups is 2. The van der Waals surface area contributed by atoms with Crippen LogP contribution in [0.1, 0.15) is 299 Å². The lowest BCUT2D eigenvalue weighted by atomic mass is 9.83. The van der Waals surface area contributed by atoms with Crippen molar-refractivity contribution >= 4 is 23.1 Å². The van der Waals surface area contributed by atoms with Gasteiger partial charge in [0.2, 0.25) is 0 Å². The van der Waals surface area contributed by atoms with E-state index in [4.69, 9.17) is 24.1 Å². The molecule has 4 saturated heterocycles. The summed E-state index contributed by atoms with van der Waals surface area (Å²) in [6.07, 6.45) is 3.44. The van der Waals surface area contributed by atoms with E-state index in [0.29, 0.717) is 98.6 Å². The topological polar surface area (TPSA) is 120 Å². The summed E-state index contributed by atoms with van der Waals surface area (Å²) in [5.74, 6) is 0.843. The molecule has 5 aliphatic rings. The molecule has 0 bridgehead atoms. The number of nitrogens with one attached hydrogen (secondary N) is 1. The van der Waals surface area contributed by atoms with Gasteiger partial charge in [-0.25, -0.2) is 17.6 Å². The molecule has 0 radical (unpaired) electrons. The number of unbranched alkanes of at least 4 members (excludes halogenated alkanes) is 1. The lowest BCUT2D eigenvalue weighted by Crippen LogP contribution is -2.40. The molecule has 131 heavy (non-hydrogen) atoms.